The number of nitrogens with two attached hydrogens (primary N) is 1. The van der Waals surface area contributed by atoms with Crippen LogP contribution < -0.4 is 11.1 Å². The van der Waals surface area contributed by atoms with Crippen molar-refractivity contribution in [3.8, 4) is 12.8 Å². The van der Waals surface area contributed by atoms with Gasteiger partial charge >= 0.3 is 0 Å². The van der Waals surface area contributed by atoms with Gasteiger partial charge in [-0.2, -0.15) is 0 Å². The average Bonchev–Trinajstić information content (AvgIpc) is 2.24. The highest BCUT2D eigenvalue weighted by Crippen LogP contribution is 2.02. The van der Waals surface area contributed by atoms with Gasteiger partial charge in [0.15, 0.2) is 0 Å². The third-order valence-corrected chi connectivity index (χ3v) is 1.36. The summed E-state index contributed by atoms with van der Waals surface area (Å²) < 4.78 is 0. The Labute approximate surface area is 83.5 Å². The van der Waals surface area contributed by atoms with Crippen LogP contribution >= 0.6 is 0 Å². The number of nitrogens with zero attached hydrogens (tertiary/aromatic N) is 1. The third kappa shape index (κ3) is 4.24. The summed E-state index contributed by atoms with van der Waals surface area (Å²) in [5, 5.41) is 2.54. The molecule has 0 unspecified atom stereocenters. The number of carbonyl (C=O) groups excluding carboxylic acids is 1. The van der Waals surface area contributed by atoms with E-state index in [2.05, 4.69) is 23.1 Å². The normalized spacial score (nSPS) is 8.29. The average molecular weight is 191 g/mol. The Kier molecular flexibility index (Phi) is 5.75. The van der Waals surface area contributed by atoms with E-state index in [1.54, 1.807) is 12.3 Å². The van der Waals surface area contributed by atoms with Crippen molar-refractivity contribution in [2.24, 2.45) is 5.73 Å². The molecule has 0 saturated heterocycles. The van der Waals surface area contributed by atoms with Crippen molar-refractivity contribution in [1.29, 1.82) is 0 Å². The first kappa shape index (κ1) is 12.1. The SMILES string of the molecule is C#C.Cc1ccc(NC(=O)CN)nc1. The largest absolute Gasteiger partial charge is 0.322 e. The zero-order chi connectivity index (χ0) is 11.0. The Morgan fingerprint density at radius 1 is 1.57 bits per heavy atom. The molecule has 0 fully saturated rings. The first-order valence-electron chi connectivity index (χ1n) is 3.98. The third-order valence-electron chi connectivity index (χ3n) is 1.36. The number of aromatic nitrogens is 1. The lowest BCUT2D eigenvalue weighted by Gasteiger charge is -2.01. The molecule has 3 N–H and O–H groups in total. The van der Waals surface area contributed by atoms with Gasteiger partial charge in [-0.1, -0.05) is 6.07 Å². The Balaban J connectivity index is 0.000000791. The summed E-state index contributed by atoms with van der Waals surface area (Å²) >= 11 is 0. The number of hydrogen-bond donors (Lipinski definition) is 2. The molecular weight excluding hydrogens is 178 g/mol. The van der Waals surface area contributed by atoms with Crippen LogP contribution in [0, 0.1) is 19.8 Å². The molecular formula is C10H13N3O. The van der Waals surface area contributed by atoms with Gasteiger partial charge in [0.1, 0.15) is 5.82 Å². The molecule has 1 rings (SSSR count). The van der Waals surface area contributed by atoms with Crippen LogP contribution in [-0.4, -0.2) is 17.4 Å². The summed E-state index contributed by atoms with van der Waals surface area (Å²) in [4.78, 5) is 14.8. The van der Waals surface area contributed by atoms with Gasteiger partial charge in [-0.05, 0) is 18.6 Å². The van der Waals surface area contributed by atoms with Crippen molar-refractivity contribution < 1.29 is 4.79 Å². The lowest BCUT2D eigenvalue weighted by atomic mass is 10.3. The highest BCUT2D eigenvalue weighted by atomic mass is 16.1. The van der Waals surface area contributed by atoms with Gasteiger partial charge in [0.05, 0.1) is 6.54 Å². The minimum absolute atomic E-state index is 0.0183. The zero-order valence-electron chi connectivity index (χ0n) is 8.03. The number of amides is 1. The maximum Gasteiger partial charge on any atom is 0.239 e. The second-order valence-electron chi connectivity index (χ2n) is 2.47. The molecule has 4 heteroatoms. The van der Waals surface area contributed by atoms with Crippen LogP contribution in [0.3, 0.4) is 0 Å². The molecule has 0 aliphatic heterocycles. The number of terminal acetylenes is 1. The maximum atomic E-state index is 10.8. The summed E-state index contributed by atoms with van der Waals surface area (Å²) in [6.07, 6.45) is 9.69. The molecule has 0 saturated carbocycles. The molecule has 1 aromatic heterocycles. The summed E-state index contributed by atoms with van der Waals surface area (Å²) in [6.45, 7) is 1.91. The highest BCUT2D eigenvalue weighted by Gasteiger charge is 1.98. The second-order valence-corrected chi connectivity index (χ2v) is 2.47. The van der Waals surface area contributed by atoms with Gasteiger partial charge in [-0.3, -0.25) is 4.79 Å². The number of anilines is 1. The number of carbonyl (C=O) groups is 1. The van der Waals surface area contributed by atoms with Gasteiger partial charge < -0.3 is 11.1 Å². The Morgan fingerprint density at radius 2 is 2.21 bits per heavy atom. The molecule has 1 amide bonds. The van der Waals surface area contributed by atoms with Gasteiger partial charge in [0.25, 0.3) is 0 Å². The van der Waals surface area contributed by atoms with Gasteiger partial charge in [0.2, 0.25) is 5.91 Å². The van der Waals surface area contributed by atoms with Gasteiger partial charge in [0, 0.05) is 6.20 Å². The van der Waals surface area contributed by atoms with Crippen molar-refractivity contribution in [3.05, 3.63) is 23.9 Å². The van der Waals surface area contributed by atoms with E-state index in [1.165, 1.54) is 0 Å². The highest BCUT2D eigenvalue weighted by molar-refractivity contribution is 5.91. The van der Waals surface area contributed by atoms with Crippen LogP contribution in [-0.2, 0) is 4.79 Å². The van der Waals surface area contributed by atoms with E-state index >= 15 is 0 Å². The van der Waals surface area contributed by atoms with E-state index in [1.807, 2.05) is 13.0 Å². The van der Waals surface area contributed by atoms with Crippen molar-refractivity contribution in [2.45, 2.75) is 6.92 Å². The van der Waals surface area contributed by atoms with Crippen molar-refractivity contribution in [2.75, 3.05) is 11.9 Å². The summed E-state index contributed by atoms with van der Waals surface area (Å²) in [7, 11) is 0. The fourth-order valence-corrected chi connectivity index (χ4v) is 0.736. The maximum absolute atomic E-state index is 10.8. The molecule has 0 bridgehead atoms. The van der Waals surface area contributed by atoms with Gasteiger partial charge in [-0.25, -0.2) is 4.98 Å². The fraction of sp³-hybridized carbons (Fsp3) is 0.200. The second kappa shape index (κ2) is 6.63. The molecule has 0 spiro atoms. The molecule has 74 valence electrons. The number of aryl methyl sites for hydroxylation is 1. The number of pyridine rings is 1. The van der Waals surface area contributed by atoms with E-state index in [0.29, 0.717) is 5.82 Å². The van der Waals surface area contributed by atoms with Crippen LogP contribution in [0.1, 0.15) is 5.56 Å². The Bertz CT molecular complexity index is 303. The summed E-state index contributed by atoms with van der Waals surface area (Å²) in [5.74, 6) is 0.308. The van der Waals surface area contributed by atoms with Crippen molar-refractivity contribution >= 4 is 11.7 Å². The standard InChI is InChI=1S/C8H11N3O.C2H2/c1-6-2-3-7(10-5-6)11-8(12)4-9;1-2/h2-3,5H,4,9H2,1H3,(H,10,11,12);1-2H. The summed E-state index contributed by atoms with van der Waals surface area (Å²) in [6, 6.07) is 3.61. The van der Waals surface area contributed by atoms with Gasteiger partial charge in [-0.15, -0.1) is 12.8 Å². The topological polar surface area (TPSA) is 68.0 Å². The number of nitrogens with one attached hydrogen (secondary N) is 1. The van der Waals surface area contributed by atoms with E-state index in [-0.39, 0.29) is 12.5 Å². The number of rotatable bonds is 2. The first-order chi connectivity index (χ1) is 6.72. The summed E-state index contributed by atoms with van der Waals surface area (Å²) in [5.41, 5.74) is 6.17. The molecule has 0 aromatic carbocycles. The van der Waals surface area contributed by atoms with Crippen LogP contribution in [0.4, 0.5) is 5.82 Å². The fourth-order valence-electron chi connectivity index (χ4n) is 0.736. The van der Waals surface area contributed by atoms with Crippen LogP contribution in [0.25, 0.3) is 0 Å². The van der Waals surface area contributed by atoms with E-state index in [9.17, 15) is 4.79 Å². The molecule has 4 nitrogen and oxygen atoms in total. The molecule has 0 radical (unpaired) electrons. The predicted molar refractivity (Wildman–Crippen MR) is 56.5 cm³/mol. The van der Waals surface area contributed by atoms with E-state index < -0.39 is 0 Å². The lowest BCUT2D eigenvalue weighted by Crippen LogP contribution is -2.22. The molecule has 1 heterocycles. The molecule has 0 aliphatic rings. The van der Waals surface area contributed by atoms with Crippen LogP contribution in [0.15, 0.2) is 18.3 Å². The molecule has 0 atom stereocenters. The van der Waals surface area contributed by atoms with Crippen LogP contribution in [0.5, 0.6) is 0 Å². The van der Waals surface area contributed by atoms with E-state index in [4.69, 9.17) is 5.73 Å². The number of hydrogen-bond acceptors (Lipinski definition) is 3. The smallest absolute Gasteiger partial charge is 0.239 e. The predicted octanol–water partition coefficient (Wildman–Crippen LogP) is 0.537. The monoisotopic (exact) mass is 191 g/mol. The zero-order valence-corrected chi connectivity index (χ0v) is 8.03. The van der Waals surface area contributed by atoms with Crippen molar-refractivity contribution in [3.63, 3.8) is 0 Å². The molecule has 1 aromatic rings. The first-order valence-corrected chi connectivity index (χ1v) is 3.98. The minimum atomic E-state index is -0.230. The Morgan fingerprint density at radius 3 is 2.64 bits per heavy atom. The van der Waals surface area contributed by atoms with Crippen molar-refractivity contribution in [1.82, 2.24) is 4.98 Å². The minimum Gasteiger partial charge on any atom is -0.322 e. The Hall–Kier alpha value is -1.86. The quantitative estimate of drug-likeness (QED) is 0.670. The lowest BCUT2D eigenvalue weighted by molar-refractivity contribution is -0.114. The molecule has 0 aliphatic carbocycles. The van der Waals surface area contributed by atoms with Crippen LogP contribution in [0.2, 0.25) is 0 Å². The molecule has 14 heavy (non-hydrogen) atoms. The van der Waals surface area contributed by atoms with E-state index in [0.717, 1.165) is 5.56 Å².